The Morgan fingerprint density at radius 3 is 2.52 bits per heavy atom. The average Bonchev–Trinajstić information content (AvgIpc) is 3.43. The highest BCUT2D eigenvalue weighted by molar-refractivity contribution is 6.42. The van der Waals surface area contributed by atoms with Gasteiger partial charge in [0.1, 0.15) is 17.2 Å². The van der Waals surface area contributed by atoms with E-state index in [1.165, 1.54) is 0 Å². The minimum Gasteiger partial charge on any atom is -0.497 e. The van der Waals surface area contributed by atoms with Crippen molar-refractivity contribution in [2.45, 2.75) is 18.9 Å². The van der Waals surface area contributed by atoms with Gasteiger partial charge in [-0.2, -0.15) is 5.10 Å². The highest BCUT2D eigenvalue weighted by atomic mass is 35.5. The zero-order valence-corrected chi connectivity index (χ0v) is 17.4. The van der Waals surface area contributed by atoms with Crippen LogP contribution >= 0.6 is 23.2 Å². The second kappa shape index (κ2) is 7.97. The van der Waals surface area contributed by atoms with E-state index in [1.54, 1.807) is 49.2 Å². The van der Waals surface area contributed by atoms with Crippen LogP contribution in [0.4, 0.5) is 0 Å². The lowest BCUT2D eigenvalue weighted by Crippen LogP contribution is -2.27. The van der Waals surface area contributed by atoms with Crippen LogP contribution < -0.4 is 14.8 Å². The Labute approximate surface area is 178 Å². The maximum absolute atomic E-state index is 12.9. The minimum absolute atomic E-state index is 0.190. The molecule has 0 spiro atoms. The number of halogens is 2. The van der Waals surface area contributed by atoms with Crippen LogP contribution in [-0.4, -0.2) is 35.9 Å². The van der Waals surface area contributed by atoms with Gasteiger partial charge in [-0.1, -0.05) is 23.2 Å². The molecule has 8 heteroatoms. The fourth-order valence-corrected chi connectivity index (χ4v) is 3.28. The molecule has 0 bridgehead atoms. The number of rotatable bonds is 6. The molecule has 0 aliphatic heterocycles. The summed E-state index contributed by atoms with van der Waals surface area (Å²) in [6, 6.07) is 12.5. The van der Waals surface area contributed by atoms with Crippen LogP contribution in [0.25, 0.3) is 16.9 Å². The second-order valence-corrected chi connectivity index (χ2v) is 7.55. The molecule has 0 unspecified atom stereocenters. The Kier molecular flexibility index (Phi) is 5.39. The summed E-state index contributed by atoms with van der Waals surface area (Å²) in [6.07, 6.45) is 1.98. The van der Waals surface area contributed by atoms with Gasteiger partial charge in [-0.3, -0.25) is 4.79 Å². The highest BCUT2D eigenvalue weighted by Crippen LogP contribution is 2.34. The summed E-state index contributed by atoms with van der Waals surface area (Å²) in [6.45, 7) is 0. The quantitative estimate of drug-likeness (QED) is 0.610. The van der Waals surface area contributed by atoms with Gasteiger partial charge < -0.3 is 14.8 Å². The lowest BCUT2D eigenvalue weighted by molar-refractivity contribution is 0.0943. The number of carbonyl (C=O) groups is 1. The number of hydrogen-bond donors (Lipinski definition) is 1. The first-order valence-corrected chi connectivity index (χ1v) is 9.84. The third-order valence-electron chi connectivity index (χ3n) is 4.69. The Morgan fingerprint density at radius 1 is 1.07 bits per heavy atom. The van der Waals surface area contributed by atoms with Crippen molar-refractivity contribution in [1.29, 1.82) is 0 Å². The van der Waals surface area contributed by atoms with Crippen molar-refractivity contribution in [3.8, 4) is 28.4 Å². The van der Waals surface area contributed by atoms with Crippen molar-refractivity contribution < 1.29 is 14.3 Å². The molecule has 1 aliphatic rings. The minimum atomic E-state index is -0.190. The summed E-state index contributed by atoms with van der Waals surface area (Å²) in [5.41, 5.74) is 2.38. The fourth-order valence-electron chi connectivity index (χ4n) is 2.99. The van der Waals surface area contributed by atoms with Gasteiger partial charge in [-0.25, -0.2) is 4.68 Å². The van der Waals surface area contributed by atoms with Gasteiger partial charge >= 0.3 is 0 Å². The largest absolute Gasteiger partial charge is 0.497 e. The number of nitrogens with zero attached hydrogens (tertiary/aromatic N) is 2. The zero-order valence-electron chi connectivity index (χ0n) is 15.9. The summed E-state index contributed by atoms with van der Waals surface area (Å²) in [4.78, 5) is 12.9. The first-order chi connectivity index (χ1) is 14.0. The summed E-state index contributed by atoms with van der Waals surface area (Å²) >= 11 is 12.2. The molecule has 1 saturated carbocycles. The van der Waals surface area contributed by atoms with E-state index >= 15 is 0 Å². The van der Waals surface area contributed by atoms with Crippen molar-refractivity contribution in [2.75, 3.05) is 14.2 Å². The molecule has 0 radical (unpaired) electrons. The first-order valence-electron chi connectivity index (χ1n) is 9.09. The number of aromatic nitrogens is 2. The standard InChI is InChI=1S/C21H19Cl2N3O3/c1-28-14-6-7-15(20(10-14)29-2)18-11-19(21(27)24-12-3-4-12)26(25-18)13-5-8-16(22)17(23)9-13/h5-12H,3-4H2,1-2H3,(H,24,27). The van der Waals surface area contributed by atoms with E-state index in [0.29, 0.717) is 38.6 Å². The molecule has 1 fully saturated rings. The Balaban J connectivity index is 1.83. The van der Waals surface area contributed by atoms with Crippen molar-refractivity contribution in [3.63, 3.8) is 0 Å². The van der Waals surface area contributed by atoms with Gasteiger partial charge in [0.05, 0.1) is 35.6 Å². The average molecular weight is 432 g/mol. The predicted octanol–water partition coefficient (Wildman–Crippen LogP) is 4.76. The number of nitrogens with one attached hydrogen (secondary N) is 1. The van der Waals surface area contributed by atoms with Crippen LogP contribution in [0, 0.1) is 0 Å². The van der Waals surface area contributed by atoms with E-state index in [0.717, 1.165) is 18.4 Å². The van der Waals surface area contributed by atoms with Crippen molar-refractivity contribution in [3.05, 3.63) is 58.2 Å². The lowest BCUT2D eigenvalue weighted by atomic mass is 10.1. The summed E-state index contributed by atoms with van der Waals surface area (Å²) in [5.74, 6) is 1.07. The van der Waals surface area contributed by atoms with Crippen molar-refractivity contribution >= 4 is 29.1 Å². The molecule has 2 aromatic carbocycles. The molecular weight excluding hydrogens is 413 g/mol. The Hall–Kier alpha value is -2.70. The predicted molar refractivity (Wildman–Crippen MR) is 113 cm³/mol. The smallest absolute Gasteiger partial charge is 0.270 e. The Morgan fingerprint density at radius 2 is 1.86 bits per heavy atom. The third-order valence-corrected chi connectivity index (χ3v) is 5.43. The molecule has 1 heterocycles. The van der Waals surface area contributed by atoms with Crippen LogP contribution in [0.15, 0.2) is 42.5 Å². The first kappa shape index (κ1) is 19.6. The van der Waals surface area contributed by atoms with Gasteiger partial charge in [0.15, 0.2) is 0 Å². The maximum Gasteiger partial charge on any atom is 0.270 e. The number of methoxy groups -OCH3 is 2. The molecule has 0 atom stereocenters. The van der Waals surface area contributed by atoms with Gasteiger partial charge in [-0.15, -0.1) is 0 Å². The zero-order chi connectivity index (χ0) is 20.5. The molecule has 1 N–H and O–H groups in total. The number of carbonyl (C=O) groups excluding carboxylic acids is 1. The maximum atomic E-state index is 12.9. The van der Waals surface area contributed by atoms with Crippen LogP contribution in [-0.2, 0) is 0 Å². The topological polar surface area (TPSA) is 65.4 Å². The number of ether oxygens (including phenoxy) is 2. The molecule has 1 amide bonds. The monoisotopic (exact) mass is 431 g/mol. The molecule has 0 saturated heterocycles. The van der Waals surface area contributed by atoms with Gasteiger partial charge in [0, 0.05) is 17.7 Å². The van der Waals surface area contributed by atoms with E-state index in [-0.39, 0.29) is 11.9 Å². The van der Waals surface area contributed by atoms with Crippen molar-refractivity contribution in [2.24, 2.45) is 0 Å². The molecule has 29 heavy (non-hydrogen) atoms. The molecule has 3 aromatic rings. The van der Waals surface area contributed by atoms with E-state index in [2.05, 4.69) is 10.4 Å². The molecule has 1 aliphatic carbocycles. The van der Waals surface area contributed by atoms with E-state index in [9.17, 15) is 4.79 Å². The SMILES string of the molecule is COc1ccc(-c2cc(C(=O)NC3CC3)n(-c3ccc(Cl)c(Cl)c3)n2)c(OC)c1. The molecule has 1 aromatic heterocycles. The number of amides is 1. The third kappa shape index (κ3) is 4.04. The Bertz CT molecular complexity index is 1080. The van der Waals surface area contributed by atoms with Crippen LogP contribution in [0.1, 0.15) is 23.3 Å². The normalized spacial score (nSPS) is 13.2. The van der Waals surface area contributed by atoms with Gasteiger partial charge in [-0.05, 0) is 49.2 Å². The van der Waals surface area contributed by atoms with Crippen molar-refractivity contribution in [1.82, 2.24) is 15.1 Å². The van der Waals surface area contributed by atoms with Gasteiger partial charge in [0.25, 0.3) is 5.91 Å². The van der Waals surface area contributed by atoms with E-state index in [1.807, 2.05) is 12.1 Å². The molecule has 6 nitrogen and oxygen atoms in total. The number of benzene rings is 2. The molecule has 150 valence electrons. The fraction of sp³-hybridized carbons (Fsp3) is 0.238. The van der Waals surface area contributed by atoms with E-state index in [4.69, 9.17) is 32.7 Å². The summed E-state index contributed by atoms with van der Waals surface area (Å²) in [7, 11) is 3.17. The summed E-state index contributed by atoms with van der Waals surface area (Å²) < 4.78 is 12.3. The van der Waals surface area contributed by atoms with Gasteiger partial charge in [0.2, 0.25) is 0 Å². The van der Waals surface area contributed by atoms with Crippen LogP contribution in [0.5, 0.6) is 11.5 Å². The summed E-state index contributed by atoms with van der Waals surface area (Å²) in [5, 5.41) is 8.50. The molecule has 4 rings (SSSR count). The highest BCUT2D eigenvalue weighted by Gasteiger charge is 2.27. The second-order valence-electron chi connectivity index (χ2n) is 6.74. The lowest BCUT2D eigenvalue weighted by Gasteiger charge is -2.09. The molecular formula is C21H19Cl2N3O3. The van der Waals surface area contributed by atoms with Crippen LogP contribution in [0.3, 0.4) is 0 Å². The van der Waals surface area contributed by atoms with Crippen LogP contribution in [0.2, 0.25) is 10.0 Å². The van der Waals surface area contributed by atoms with E-state index < -0.39 is 0 Å². The number of hydrogen-bond acceptors (Lipinski definition) is 4.